The fourth-order valence-electron chi connectivity index (χ4n) is 2.14. The minimum atomic E-state index is 0.592. The molecule has 2 heterocycles. The van der Waals surface area contributed by atoms with E-state index >= 15 is 0 Å². The molecule has 100 valence electrons. The van der Waals surface area contributed by atoms with Gasteiger partial charge >= 0.3 is 0 Å². The standard InChI is InChI=1S/C15H19N3O/c1-2-12(1)3-4-14-9-15(18-11-17-14)19-10-13-5-7-16-8-6-13/h9,11-13,16H,1-2,5-8,10H2. The van der Waals surface area contributed by atoms with Gasteiger partial charge in [-0.25, -0.2) is 9.97 Å². The second-order valence-corrected chi connectivity index (χ2v) is 5.29. The monoisotopic (exact) mass is 257 g/mol. The lowest BCUT2D eigenvalue weighted by Crippen LogP contribution is -2.30. The third-order valence-corrected chi connectivity index (χ3v) is 3.55. The van der Waals surface area contributed by atoms with Crippen LogP contribution < -0.4 is 10.1 Å². The highest BCUT2D eigenvalue weighted by molar-refractivity contribution is 5.31. The van der Waals surface area contributed by atoms with Crippen molar-refractivity contribution in [3.63, 3.8) is 0 Å². The molecule has 1 saturated carbocycles. The van der Waals surface area contributed by atoms with Crippen LogP contribution in [0.15, 0.2) is 12.4 Å². The van der Waals surface area contributed by atoms with E-state index in [1.54, 1.807) is 0 Å². The predicted molar refractivity (Wildman–Crippen MR) is 72.7 cm³/mol. The van der Waals surface area contributed by atoms with Crippen molar-refractivity contribution in [2.24, 2.45) is 11.8 Å². The number of nitrogens with zero attached hydrogens (tertiary/aromatic N) is 2. The minimum Gasteiger partial charge on any atom is -0.477 e. The first-order valence-electron chi connectivity index (χ1n) is 7.07. The summed E-state index contributed by atoms with van der Waals surface area (Å²) >= 11 is 0. The topological polar surface area (TPSA) is 47.0 Å². The maximum atomic E-state index is 5.76. The Labute approximate surface area is 114 Å². The Bertz CT molecular complexity index is 482. The van der Waals surface area contributed by atoms with E-state index < -0.39 is 0 Å². The molecule has 0 radical (unpaired) electrons. The predicted octanol–water partition coefficient (Wildman–Crippen LogP) is 1.62. The zero-order chi connectivity index (χ0) is 12.9. The third-order valence-electron chi connectivity index (χ3n) is 3.55. The Morgan fingerprint density at radius 3 is 2.84 bits per heavy atom. The quantitative estimate of drug-likeness (QED) is 0.836. The van der Waals surface area contributed by atoms with Crippen molar-refractivity contribution in [1.82, 2.24) is 15.3 Å². The van der Waals surface area contributed by atoms with E-state index in [9.17, 15) is 0 Å². The summed E-state index contributed by atoms with van der Waals surface area (Å²) in [5.74, 6) is 8.17. The summed E-state index contributed by atoms with van der Waals surface area (Å²) in [7, 11) is 0. The van der Waals surface area contributed by atoms with Gasteiger partial charge in [0.05, 0.1) is 6.61 Å². The number of rotatable bonds is 3. The van der Waals surface area contributed by atoms with Gasteiger partial charge in [0.15, 0.2) is 0 Å². The van der Waals surface area contributed by atoms with Gasteiger partial charge in [-0.05, 0) is 50.6 Å². The Balaban J connectivity index is 1.55. The number of hydrogen-bond donors (Lipinski definition) is 1. The van der Waals surface area contributed by atoms with Crippen molar-refractivity contribution in [2.45, 2.75) is 25.7 Å². The molecule has 1 saturated heterocycles. The van der Waals surface area contributed by atoms with E-state index in [-0.39, 0.29) is 0 Å². The maximum Gasteiger partial charge on any atom is 0.217 e. The van der Waals surface area contributed by atoms with Crippen LogP contribution in [0.2, 0.25) is 0 Å². The summed E-state index contributed by atoms with van der Waals surface area (Å²) in [6.07, 6.45) is 6.36. The van der Waals surface area contributed by atoms with E-state index in [1.165, 1.54) is 32.0 Å². The fraction of sp³-hybridized carbons (Fsp3) is 0.600. The molecule has 0 amide bonds. The molecule has 0 bridgehead atoms. The number of hydrogen-bond acceptors (Lipinski definition) is 4. The lowest BCUT2D eigenvalue weighted by molar-refractivity contribution is 0.208. The molecule has 0 aromatic carbocycles. The molecule has 4 nitrogen and oxygen atoms in total. The zero-order valence-electron chi connectivity index (χ0n) is 11.1. The van der Waals surface area contributed by atoms with Crippen LogP contribution in [0.4, 0.5) is 0 Å². The summed E-state index contributed by atoms with van der Waals surface area (Å²) in [5.41, 5.74) is 0.766. The molecule has 0 atom stereocenters. The van der Waals surface area contributed by atoms with Crippen LogP contribution in [0.1, 0.15) is 31.4 Å². The van der Waals surface area contributed by atoms with Gasteiger partial charge in [-0.3, -0.25) is 0 Å². The van der Waals surface area contributed by atoms with E-state index in [0.29, 0.717) is 17.7 Å². The van der Waals surface area contributed by atoms with Crippen LogP contribution in [-0.4, -0.2) is 29.7 Å². The van der Waals surface area contributed by atoms with Gasteiger partial charge in [-0.15, -0.1) is 0 Å². The first kappa shape index (κ1) is 12.4. The highest BCUT2D eigenvalue weighted by Gasteiger charge is 2.18. The Morgan fingerprint density at radius 2 is 2.05 bits per heavy atom. The second-order valence-electron chi connectivity index (χ2n) is 5.29. The van der Waals surface area contributed by atoms with Gasteiger partial charge < -0.3 is 10.1 Å². The van der Waals surface area contributed by atoms with Crippen molar-refractivity contribution in [2.75, 3.05) is 19.7 Å². The summed E-state index contributed by atoms with van der Waals surface area (Å²) in [6, 6.07) is 1.84. The van der Waals surface area contributed by atoms with Crippen LogP contribution in [0.5, 0.6) is 5.88 Å². The van der Waals surface area contributed by atoms with Crippen LogP contribution in [0.3, 0.4) is 0 Å². The molecule has 1 N–H and O–H groups in total. The molecule has 1 aromatic heterocycles. The zero-order valence-corrected chi connectivity index (χ0v) is 11.1. The second kappa shape index (κ2) is 6.03. The maximum absolute atomic E-state index is 5.76. The highest BCUT2D eigenvalue weighted by Crippen LogP contribution is 2.27. The van der Waals surface area contributed by atoms with Gasteiger partial charge in [0.25, 0.3) is 0 Å². The van der Waals surface area contributed by atoms with Gasteiger partial charge in [-0.2, -0.15) is 0 Å². The van der Waals surface area contributed by atoms with Crippen LogP contribution in [-0.2, 0) is 0 Å². The molecule has 2 aliphatic rings. The van der Waals surface area contributed by atoms with Crippen molar-refractivity contribution in [3.8, 4) is 17.7 Å². The van der Waals surface area contributed by atoms with E-state index in [4.69, 9.17) is 4.74 Å². The molecule has 1 aromatic rings. The van der Waals surface area contributed by atoms with Crippen LogP contribution in [0, 0.1) is 23.7 Å². The van der Waals surface area contributed by atoms with Gasteiger partial charge in [0.1, 0.15) is 12.0 Å². The SMILES string of the molecule is C(#CC1CC1)c1cc(OCC2CCNCC2)ncn1. The Kier molecular flexibility index (Phi) is 3.95. The normalized spacial score (nSPS) is 19.6. The van der Waals surface area contributed by atoms with E-state index in [0.717, 1.165) is 25.4 Å². The third kappa shape index (κ3) is 3.93. The summed E-state index contributed by atoms with van der Waals surface area (Å²) < 4.78 is 5.76. The van der Waals surface area contributed by atoms with Crippen molar-refractivity contribution >= 4 is 0 Å². The van der Waals surface area contributed by atoms with Crippen molar-refractivity contribution in [3.05, 3.63) is 18.1 Å². The lowest BCUT2D eigenvalue weighted by atomic mass is 9.99. The van der Waals surface area contributed by atoms with Crippen molar-refractivity contribution < 1.29 is 4.74 Å². The first-order valence-corrected chi connectivity index (χ1v) is 7.07. The molecule has 2 fully saturated rings. The average molecular weight is 257 g/mol. The van der Waals surface area contributed by atoms with Crippen LogP contribution in [0.25, 0.3) is 0 Å². The smallest absolute Gasteiger partial charge is 0.217 e. The molecule has 1 aliphatic heterocycles. The lowest BCUT2D eigenvalue weighted by Gasteiger charge is -2.22. The fourth-order valence-corrected chi connectivity index (χ4v) is 2.14. The van der Waals surface area contributed by atoms with Gasteiger partial charge in [-0.1, -0.05) is 5.92 Å². The number of nitrogens with one attached hydrogen (secondary N) is 1. The van der Waals surface area contributed by atoms with E-state index in [1.807, 2.05) is 6.07 Å². The average Bonchev–Trinajstić information content (AvgIpc) is 3.29. The molecular formula is C15H19N3O. The number of aromatic nitrogens is 2. The summed E-state index contributed by atoms with van der Waals surface area (Å²) in [5, 5.41) is 3.36. The van der Waals surface area contributed by atoms with Crippen molar-refractivity contribution in [1.29, 1.82) is 0 Å². The molecular weight excluding hydrogens is 238 g/mol. The summed E-state index contributed by atoms with van der Waals surface area (Å²) in [4.78, 5) is 8.31. The van der Waals surface area contributed by atoms with E-state index in [2.05, 4.69) is 27.1 Å². The molecule has 0 unspecified atom stereocenters. The van der Waals surface area contributed by atoms with Gasteiger partial charge in [0.2, 0.25) is 5.88 Å². The first-order chi connectivity index (χ1) is 9.40. The summed E-state index contributed by atoms with van der Waals surface area (Å²) in [6.45, 7) is 2.93. The Morgan fingerprint density at radius 1 is 1.21 bits per heavy atom. The minimum absolute atomic E-state index is 0.592. The molecule has 19 heavy (non-hydrogen) atoms. The molecule has 4 heteroatoms. The number of piperidine rings is 1. The molecule has 3 rings (SSSR count). The number of ether oxygens (including phenoxy) is 1. The Hall–Kier alpha value is -1.60. The van der Waals surface area contributed by atoms with Gasteiger partial charge in [0, 0.05) is 12.0 Å². The van der Waals surface area contributed by atoms with Crippen LogP contribution >= 0.6 is 0 Å². The molecule has 1 aliphatic carbocycles. The largest absolute Gasteiger partial charge is 0.477 e. The highest BCUT2D eigenvalue weighted by atomic mass is 16.5. The molecule has 0 spiro atoms.